The van der Waals surface area contributed by atoms with Gasteiger partial charge in [-0.2, -0.15) is 0 Å². The smallest absolute Gasteiger partial charge is 0.313 e. The molecule has 2 unspecified atom stereocenters. The molecule has 7 heteroatoms. The van der Waals surface area contributed by atoms with Gasteiger partial charge in [0.05, 0.1) is 0 Å². The van der Waals surface area contributed by atoms with Crippen molar-refractivity contribution in [1.29, 1.82) is 0 Å². The Hall–Kier alpha value is -1.21. The lowest BCUT2D eigenvalue weighted by Crippen LogP contribution is -2.71. The molecule has 0 spiro atoms. The Morgan fingerprint density at radius 3 is 1.94 bits per heavy atom. The highest BCUT2D eigenvalue weighted by molar-refractivity contribution is 5.84. The summed E-state index contributed by atoms with van der Waals surface area (Å²) in [5, 5.41) is 17.7. The highest BCUT2D eigenvalue weighted by Gasteiger charge is 2.71. The Morgan fingerprint density at radius 1 is 1.18 bits per heavy atom. The monoisotopic (exact) mass is 250 g/mol. The van der Waals surface area contributed by atoms with Crippen LogP contribution in [0.25, 0.3) is 0 Å². The molecule has 0 aromatic heterocycles. The first kappa shape index (κ1) is 13.9. The summed E-state index contributed by atoms with van der Waals surface area (Å²) in [6.45, 7) is 3.19. The molecular weight excluding hydrogens is 235 g/mol. The van der Waals surface area contributed by atoms with Crippen molar-refractivity contribution in [2.45, 2.75) is 25.8 Å². The van der Waals surface area contributed by atoms with Crippen molar-refractivity contribution in [3.8, 4) is 0 Å². The molecule has 1 aliphatic carbocycles. The van der Waals surface area contributed by atoms with Crippen LogP contribution < -0.4 is 0 Å². The van der Waals surface area contributed by atoms with Crippen molar-refractivity contribution in [2.75, 3.05) is 13.2 Å². The van der Waals surface area contributed by atoms with Crippen LogP contribution in [0.3, 0.4) is 0 Å². The van der Waals surface area contributed by atoms with E-state index in [1.807, 2.05) is 0 Å². The van der Waals surface area contributed by atoms with Crippen molar-refractivity contribution in [3.05, 3.63) is 0 Å². The van der Waals surface area contributed by atoms with Gasteiger partial charge in [-0.25, -0.2) is 4.39 Å². The van der Waals surface area contributed by atoms with E-state index in [-0.39, 0.29) is 13.2 Å². The molecule has 0 bridgehead atoms. The average molecular weight is 250 g/mol. The second-order valence-electron chi connectivity index (χ2n) is 3.67. The van der Waals surface area contributed by atoms with E-state index in [9.17, 15) is 14.0 Å². The quantitative estimate of drug-likeness (QED) is 0.667. The van der Waals surface area contributed by atoms with Crippen LogP contribution in [0.2, 0.25) is 0 Å². The molecule has 1 aliphatic rings. The van der Waals surface area contributed by atoms with Gasteiger partial charge >= 0.3 is 11.9 Å². The molecule has 98 valence electrons. The first-order chi connectivity index (χ1) is 7.92. The molecule has 3 atom stereocenters. The standard InChI is InChI=1S/C10H15FO6/c1-3-16-10(17-4-2)6(9(14)15)5(7(10)11)8(12)13/h5-7H,3-4H2,1-2H3,(H,12,13)(H,14,15)/t5-,6?,7?/m0/s1. The van der Waals surface area contributed by atoms with Crippen LogP contribution in [0.15, 0.2) is 0 Å². The Labute approximate surface area is 97.3 Å². The maximum Gasteiger partial charge on any atom is 0.313 e. The van der Waals surface area contributed by atoms with Crippen LogP contribution in [0.5, 0.6) is 0 Å². The number of halogens is 1. The minimum Gasteiger partial charge on any atom is -0.481 e. The molecule has 0 radical (unpaired) electrons. The lowest BCUT2D eigenvalue weighted by Gasteiger charge is -2.52. The van der Waals surface area contributed by atoms with Gasteiger partial charge in [0.1, 0.15) is 11.8 Å². The number of carboxylic acid groups (broad SMARTS) is 2. The van der Waals surface area contributed by atoms with E-state index in [1.165, 1.54) is 0 Å². The van der Waals surface area contributed by atoms with E-state index in [0.717, 1.165) is 0 Å². The zero-order chi connectivity index (χ0) is 13.2. The van der Waals surface area contributed by atoms with Gasteiger partial charge in [0.2, 0.25) is 5.79 Å². The van der Waals surface area contributed by atoms with Gasteiger partial charge in [-0.05, 0) is 13.8 Å². The molecule has 0 saturated heterocycles. The fourth-order valence-electron chi connectivity index (χ4n) is 2.15. The van der Waals surface area contributed by atoms with Gasteiger partial charge in [-0.3, -0.25) is 9.59 Å². The molecular formula is C10H15FO6. The van der Waals surface area contributed by atoms with Crippen molar-refractivity contribution >= 4 is 11.9 Å². The van der Waals surface area contributed by atoms with Crippen LogP contribution in [0.1, 0.15) is 13.8 Å². The maximum absolute atomic E-state index is 13.8. The summed E-state index contributed by atoms with van der Waals surface area (Å²) >= 11 is 0. The molecule has 1 rings (SSSR count). The molecule has 0 aliphatic heterocycles. The third-order valence-corrected chi connectivity index (χ3v) is 2.78. The van der Waals surface area contributed by atoms with Gasteiger partial charge in [0.25, 0.3) is 0 Å². The largest absolute Gasteiger partial charge is 0.481 e. The first-order valence-corrected chi connectivity index (χ1v) is 5.29. The van der Waals surface area contributed by atoms with Crippen LogP contribution >= 0.6 is 0 Å². The summed E-state index contributed by atoms with van der Waals surface area (Å²) in [5.41, 5.74) is 0. The van der Waals surface area contributed by atoms with Gasteiger partial charge < -0.3 is 19.7 Å². The van der Waals surface area contributed by atoms with E-state index in [1.54, 1.807) is 13.8 Å². The van der Waals surface area contributed by atoms with Crippen LogP contribution in [-0.4, -0.2) is 47.3 Å². The SMILES string of the molecule is CCOC1(OCC)C(F)[C@@H](C(=O)O)C1C(=O)O. The Kier molecular flexibility index (Phi) is 4.05. The van der Waals surface area contributed by atoms with Gasteiger partial charge in [-0.15, -0.1) is 0 Å². The van der Waals surface area contributed by atoms with Crippen molar-refractivity contribution in [1.82, 2.24) is 0 Å². The summed E-state index contributed by atoms with van der Waals surface area (Å²) < 4.78 is 23.9. The van der Waals surface area contributed by atoms with Crippen LogP contribution in [-0.2, 0) is 19.1 Å². The molecule has 0 amide bonds. The van der Waals surface area contributed by atoms with Crippen molar-refractivity contribution < 1.29 is 33.7 Å². The van der Waals surface area contributed by atoms with Gasteiger partial charge in [0, 0.05) is 13.2 Å². The molecule has 1 saturated carbocycles. The van der Waals surface area contributed by atoms with E-state index in [4.69, 9.17) is 19.7 Å². The normalized spacial score (nSPS) is 30.6. The Bertz CT molecular complexity index is 312. The minimum atomic E-state index is -1.99. The van der Waals surface area contributed by atoms with E-state index < -0.39 is 35.7 Å². The summed E-state index contributed by atoms with van der Waals surface area (Å²) in [7, 11) is 0. The molecule has 0 heterocycles. The summed E-state index contributed by atoms with van der Waals surface area (Å²) in [6.07, 6.45) is -1.99. The molecule has 2 N–H and O–H groups in total. The molecule has 6 nitrogen and oxygen atoms in total. The predicted octanol–water partition coefficient (Wildman–Crippen LogP) is 0.509. The number of hydrogen-bond acceptors (Lipinski definition) is 4. The lowest BCUT2D eigenvalue weighted by atomic mass is 9.65. The van der Waals surface area contributed by atoms with E-state index in [0.29, 0.717) is 0 Å². The number of hydrogen-bond donors (Lipinski definition) is 2. The number of carbonyl (C=O) groups is 2. The first-order valence-electron chi connectivity index (χ1n) is 5.29. The molecule has 17 heavy (non-hydrogen) atoms. The van der Waals surface area contributed by atoms with Gasteiger partial charge in [0.15, 0.2) is 6.17 Å². The number of carboxylic acids is 2. The third-order valence-electron chi connectivity index (χ3n) is 2.78. The summed E-state index contributed by atoms with van der Waals surface area (Å²) in [4.78, 5) is 21.8. The van der Waals surface area contributed by atoms with Crippen molar-refractivity contribution in [3.63, 3.8) is 0 Å². The summed E-state index contributed by atoms with van der Waals surface area (Å²) in [5.74, 6) is -8.08. The molecule has 1 fully saturated rings. The molecule has 0 aromatic rings. The highest BCUT2D eigenvalue weighted by Crippen LogP contribution is 2.50. The maximum atomic E-state index is 13.8. The Balaban J connectivity index is 3.03. The van der Waals surface area contributed by atoms with E-state index >= 15 is 0 Å². The fourth-order valence-corrected chi connectivity index (χ4v) is 2.15. The summed E-state index contributed by atoms with van der Waals surface area (Å²) in [6, 6.07) is 0. The fraction of sp³-hybridized carbons (Fsp3) is 0.800. The number of rotatable bonds is 6. The number of ether oxygens (including phenoxy) is 2. The van der Waals surface area contributed by atoms with Crippen LogP contribution in [0.4, 0.5) is 4.39 Å². The topological polar surface area (TPSA) is 93.1 Å². The zero-order valence-electron chi connectivity index (χ0n) is 9.55. The minimum absolute atomic E-state index is 0.0382. The third kappa shape index (κ3) is 2.00. The molecule has 0 aromatic carbocycles. The van der Waals surface area contributed by atoms with Gasteiger partial charge in [-0.1, -0.05) is 0 Å². The second kappa shape index (κ2) is 4.97. The average Bonchev–Trinajstić information content (AvgIpc) is 2.23. The highest BCUT2D eigenvalue weighted by atomic mass is 19.1. The Morgan fingerprint density at radius 2 is 1.65 bits per heavy atom. The van der Waals surface area contributed by atoms with Crippen LogP contribution in [0, 0.1) is 11.8 Å². The lowest BCUT2D eigenvalue weighted by molar-refractivity contribution is -0.354. The second-order valence-corrected chi connectivity index (χ2v) is 3.67. The zero-order valence-corrected chi connectivity index (χ0v) is 9.55. The van der Waals surface area contributed by atoms with Crippen molar-refractivity contribution in [2.24, 2.45) is 11.8 Å². The number of aliphatic carboxylic acids is 2. The number of alkyl halides is 1. The predicted molar refractivity (Wildman–Crippen MR) is 53.1 cm³/mol. The van der Waals surface area contributed by atoms with E-state index in [2.05, 4.69) is 0 Å².